The van der Waals surface area contributed by atoms with Gasteiger partial charge in [0.2, 0.25) is 0 Å². The van der Waals surface area contributed by atoms with E-state index in [1.165, 1.54) is 11.3 Å². The first-order chi connectivity index (χ1) is 12.2. The number of methoxy groups -OCH3 is 1. The lowest BCUT2D eigenvalue weighted by Gasteiger charge is -2.09. The second-order valence-corrected chi connectivity index (χ2v) is 6.79. The molecular weight excluding hydrogens is 372 g/mol. The van der Waals surface area contributed by atoms with Crippen LogP contribution in [-0.2, 0) is 17.5 Å². The Kier molecular flexibility index (Phi) is 6.35. The van der Waals surface area contributed by atoms with Gasteiger partial charge in [-0.25, -0.2) is 4.39 Å². The summed E-state index contributed by atoms with van der Waals surface area (Å²) in [5, 5.41) is 0. The molecule has 0 aliphatic carbocycles. The third-order valence-corrected chi connectivity index (χ3v) is 4.95. The number of aromatic nitrogens is 1. The number of halogens is 4. The predicted octanol–water partition coefficient (Wildman–Crippen LogP) is 4.10. The SMILES string of the molecule is COCCCn1c(C)c(C)s/c1=N\C(=O)c1cccc(C(F)(F)F)c1F. The molecule has 0 aliphatic rings. The van der Waals surface area contributed by atoms with Crippen molar-refractivity contribution in [1.82, 2.24) is 4.57 Å². The Morgan fingerprint density at radius 1 is 1.31 bits per heavy atom. The second-order valence-electron chi connectivity index (χ2n) is 5.61. The molecule has 0 radical (unpaired) electrons. The van der Waals surface area contributed by atoms with Crippen LogP contribution in [0.4, 0.5) is 17.6 Å². The van der Waals surface area contributed by atoms with Gasteiger partial charge in [0.05, 0.1) is 11.1 Å². The first-order valence-corrected chi connectivity index (χ1v) is 8.59. The Bertz CT molecular complexity index is 869. The highest BCUT2D eigenvalue weighted by Gasteiger charge is 2.35. The molecule has 0 spiro atoms. The largest absolute Gasteiger partial charge is 0.419 e. The van der Waals surface area contributed by atoms with Crippen molar-refractivity contribution in [2.45, 2.75) is 33.0 Å². The van der Waals surface area contributed by atoms with Crippen molar-refractivity contribution in [3.05, 3.63) is 50.5 Å². The Labute approximate surface area is 151 Å². The number of alkyl halides is 3. The number of thiazole rings is 1. The molecule has 0 aliphatic heterocycles. The van der Waals surface area contributed by atoms with Gasteiger partial charge in [0.25, 0.3) is 5.91 Å². The fourth-order valence-corrected chi connectivity index (χ4v) is 3.37. The summed E-state index contributed by atoms with van der Waals surface area (Å²) in [6.45, 7) is 4.74. The van der Waals surface area contributed by atoms with Crippen LogP contribution in [0.2, 0.25) is 0 Å². The summed E-state index contributed by atoms with van der Waals surface area (Å²) in [4.78, 5) is 17.4. The minimum Gasteiger partial charge on any atom is -0.385 e. The topological polar surface area (TPSA) is 43.6 Å². The molecule has 4 nitrogen and oxygen atoms in total. The lowest BCUT2D eigenvalue weighted by molar-refractivity contribution is -0.140. The van der Waals surface area contributed by atoms with E-state index < -0.39 is 29.0 Å². The number of ether oxygens (including phenoxy) is 1. The van der Waals surface area contributed by atoms with Crippen molar-refractivity contribution in [2.75, 3.05) is 13.7 Å². The molecule has 1 aromatic heterocycles. The van der Waals surface area contributed by atoms with Gasteiger partial charge in [-0.3, -0.25) is 4.79 Å². The highest BCUT2D eigenvalue weighted by atomic mass is 32.1. The monoisotopic (exact) mass is 390 g/mol. The fourth-order valence-electron chi connectivity index (χ4n) is 2.38. The highest BCUT2D eigenvalue weighted by Crippen LogP contribution is 2.32. The van der Waals surface area contributed by atoms with Gasteiger partial charge in [-0.05, 0) is 32.4 Å². The zero-order valence-corrected chi connectivity index (χ0v) is 15.3. The van der Waals surface area contributed by atoms with Crippen molar-refractivity contribution in [3.8, 4) is 0 Å². The van der Waals surface area contributed by atoms with Crippen LogP contribution >= 0.6 is 11.3 Å². The lowest BCUT2D eigenvalue weighted by atomic mass is 10.1. The van der Waals surface area contributed by atoms with Gasteiger partial charge in [0.15, 0.2) is 4.80 Å². The van der Waals surface area contributed by atoms with E-state index in [9.17, 15) is 22.4 Å². The Hall–Kier alpha value is -2.00. The molecule has 26 heavy (non-hydrogen) atoms. The number of carbonyl (C=O) groups is 1. The molecule has 0 N–H and O–H groups in total. The van der Waals surface area contributed by atoms with Crippen molar-refractivity contribution in [1.29, 1.82) is 0 Å². The van der Waals surface area contributed by atoms with Crippen LogP contribution in [0.5, 0.6) is 0 Å². The smallest absolute Gasteiger partial charge is 0.385 e. The number of aryl methyl sites for hydroxylation is 1. The molecule has 0 unspecified atom stereocenters. The summed E-state index contributed by atoms with van der Waals surface area (Å²) in [5.41, 5.74) is -1.29. The van der Waals surface area contributed by atoms with Crippen LogP contribution in [0.25, 0.3) is 0 Å². The predicted molar refractivity (Wildman–Crippen MR) is 89.6 cm³/mol. The van der Waals surface area contributed by atoms with Crippen molar-refractivity contribution in [3.63, 3.8) is 0 Å². The maximum Gasteiger partial charge on any atom is 0.419 e. The molecule has 1 heterocycles. The third-order valence-electron chi connectivity index (χ3n) is 3.85. The third kappa shape index (κ3) is 4.39. The number of hydrogen-bond acceptors (Lipinski definition) is 3. The zero-order chi connectivity index (χ0) is 19.5. The number of carbonyl (C=O) groups excluding carboxylic acids is 1. The molecule has 2 aromatic rings. The van der Waals surface area contributed by atoms with E-state index in [4.69, 9.17) is 4.74 Å². The van der Waals surface area contributed by atoms with Crippen LogP contribution in [0.1, 0.15) is 32.9 Å². The average molecular weight is 390 g/mol. The van der Waals surface area contributed by atoms with Crippen LogP contribution < -0.4 is 4.80 Å². The maximum absolute atomic E-state index is 14.1. The number of hydrogen-bond donors (Lipinski definition) is 0. The zero-order valence-electron chi connectivity index (χ0n) is 14.5. The molecular formula is C17H18F4N2O2S. The molecule has 0 atom stereocenters. The summed E-state index contributed by atoms with van der Waals surface area (Å²) in [6.07, 6.45) is -4.21. The Morgan fingerprint density at radius 3 is 2.62 bits per heavy atom. The number of benzene rings is 1. The van der Waals surface area contributed by atoms with Crippen LogP contribution in [-0.4, -0.2) is 24.2 Å². The minimum atomic E-state index is -4.88. The second kappa shape index (κ2) is 8.13. The van der Waals surface area contributed by atoms with Crippen LogP contribution in [0.3, 0.4) is 0 Å². The van der Waals surface area contributed by atoms with Gasteiger partial charge >= 0.3 is 6.18 Å². The quantitative estimate of drug-likeness (QED) is 0.570. The van der Waals surface area contributed by atoms with E-state index >= 15 is 0 Å². The molecule has 1 aromatic carbocycles. The minimum absolute atomic E-state index is 0.318. The summed E-state index contributed by atoms with van der Waals surface area (Å²) in [5.74, 6) is -2.65. The number of amides is 1. The van der Waals surface area contributed by atoms with Crippen LogP contribution in [0, 0.1) is 19.7 Å². The average Bonchev–Trinajstić information content (AvgIpc) is 2.81. The van der Waals surface area contributed by atoms with E-state index in [1.807, 2.05) is 13.8 Å². The first-order valence-electron chi connectivity index (χ1n) is 7.77. The van der Waals surface area contributed by atoms with E-state index in [1.54, 1.807) is 11.7 Å². The molecule has 0 saturated carbocycles. The molecule has 0 saturated heterocycles. The van der Waals surface area contributed by atoms with E-state index in [0.29, 0.717) is 30.4 Å². The molecule has 142 valence electrons. The Balaban J connectivity index is 2.45. The summed E-state index contributed by atoms with van der Waals surface area (Å²) in [6, 6.07) is 2.59. The summed E-state index contributed by atoms with van der Waals surface area (Å²) in [7, 11) is 1.57. The van der Waals surface area contributed by atoms with Crippen LogP contribution in [0.15, 0.2) is 23.2 Å². The van der Waals surface area contributed by atoms with Crippen molar-refractivity contribution < 1.29 is 27.1 Å². The van der Waals surface area contributed by atoms with E-state index in [-0.39, 0.29) is 0 Å². The first kappa shape index (κ1) is 20.3. The van der Waals surface area contributed by atoms with Crippen molar-refractivity contribution >= 4 is 17.2 Å². The molecule has 0 bridgehead atoms. The fraction of sp³-hybridized carbons (Fsp3) is 0.412. The van der Waals surface area contributed by atoms with Gasteiger partial charge < -0.3 is 9.30 Å². The van der Waals surface area contributed by atoms with Gasteiger partial charge in [-0.15, -0.1) is 11.3 Å². The molecule has 2 rings (SSSR count). The van der Waals surface area contributed by atoms with Gasteiger partial charge in [-0.2, -0.15) is 18.2 Å². The van der Waals surface area contributed by atoms with E-state index in [0.717, 1.165) is 22.7 Å². The van der Waals surface area contributed by atoms with Gasteiger partial charge in [0.1, 0.15) is 5.82 Å². The number of rotatable bonds is 5. The lowest BCUT2D eigenvalue weighted by Crippen LogP contribution is -2.20. The maximum atomic E-state index is 14.1. The summed E-state index contributed by atoms with van der Waals surface area (Å²) >= 11 is 1.23. The highest BCUT2D eigenvalue weighted by molar-refractivity contribution is 7.09. The standard InChI is InChI=1S/C17H18F4N2O2S/c1-10-11(2)26-16(23(10)8-5-9-25-3)22-15(24)12-6-4-7-13(14(12)18)17(19,20)21/h4,6-7H,5,8-9H2,1-3H3/b22-16-. The molecule has 1 amide bonds. The normalized spacial score (nSPS) is 12.7. The van der Waals surface area contributed by atoms with Gasteiger partial charge in [-0.1, -0.05) is 6.07 Å². The number of nitrogens with zero attached hydrogens (tertiary/aromatic N) is 2. The van der Waals surface area contributed by atoms with Gasteiger partial charge in [0, 0.05) is 30.8 Å². The van der Waals surface area contributed by atoms with E-state index in [2.05, 4.69) is 4.99 Å². The molecule has 0 fully saturated rings. The molecule has 9 heteroatoms. The summed E-state index contributed by atoms with van der Waals surface area (Å²) < 4.78 is 59.4. The van der Waals surface area contributed by atoms with Crippen molar-refractivity contribution in [2.24, 2.45) is 4.99 Å². The Morgan fingerprint density at radius 2 is 2.00 bits per heavy atom.